The fourth-order valence-electron chi connectivity index (χ4n) is 3.34. The molecule has 4 nitrogen and oxygen atoms in total. The summed E-state index contributed by atoms with van der Waals surface area (Å²) in [6, 6.07) is 10.6. The van der Waals surface area contributed by atoms with Gasteiger partial charge >= 0.3 is 0 Å². The molecule has 0 spiro atoms. The lowest BCUT2D eigenvalue weighted by Crippen LogP contribution is -2.27. The van der Waals surface area contributed by atoms with Crippen LogP contribution in [-0.4, -0.2) is 53.6 Å². The number of nitrogens with zero attached hydrogens (tertiary/aromatic N) is 4. The molecule has 0 N–H and O–H groups in total. The summed E-state index contributed by atoms with van der Waals surface area (Å²) in [5, 5.41) is 3.46. The van der Waals surface area contributed by atoms with Crippen LogP contribution in [0.25, 0.3) is 21.3 Å². The third-order valence-electron chi connectivity index (χ3n) is 4.53. The van der Waals surface area contributed by atoms with Gasteiger partial charge in [0.05, 0.1) is 11.9 Å². The summed E-state index contributed by atoms with van der Waals surface area (Å²) in [6.07, 6.45) is 1.21. The summed E-state index contributed by atoms with van der Waals surface area (Å²) in [7, 11) is 4.14. The highest BCUT2D eigenvalue weighted by Crippen LogP contribution is 2.38. The second kappa shape index (κ2) is 7.94. The van der Waals surface area contributed by atoms with Gasteiger partial charge in [0.25, 0.3) is 0 Å². The molecule has 0 bridgehead atoms. The van der Waals surface area contributed by atoms with E-state index < -0.39 is 0 Å². The number of aromatic nitrogens is 2. The normalized spacial score (nSPS) is 15.6. The monoisotopic (exact) mass is 384 g/mol. The van der Waals surface area contributed by atoms with E-state index in [2.05, 4.69) is 59.6 Å². The Bertz CT molecular complexity index is 868. The molecule has 3 heterocycles. The van der Waals surface area contributed by atoms with E-state index in [0.717, 1.165) is 36.1 Å². The molecule has 0 radical (unpaired) electrons. The van der Waals surface area contributed by atoms with Crippen LogP contribution in [-0.2, 0) is 6.54 Å². The highest BCUT2D eigenvalue weighted by atomic mass is 32.2. The van der Waals surface area contributed by atoms with Crippen molar-refractivity contribution in [1.82, 2.24) is 14.9 Å². The zero-order chi connectivity index (χ0) is 17.9. The fraction of sp³-hybridized carbons (Fsp3) is 0.400. The number of anilines is 1. The van der Waals surface area contributed by atoms with Gasteiger partial charge in [-0.15, -0.1) is 11.3 Å². The molecule has 0 amide bonds. The Balaban J connectivity index is 1.87. The lowest BCUT2D eigenvalue weighted by Gasteiger charge is -2.23. The Morgan fingerprint density at radius 1 is 1.08 bits per heavy atom. The van der Waals surface area contributed by atoms with Gasteiger partial charge in [-0.1, -0.05) is 30.3 Å². The summed E-state index contributed by atoms with van der Waals surface area (Å²) in [5.41, 5.74) is 2.50. The Morgan fingerprint density at radius 2 is 1.92 bits per heavy atom. The van der Waals surface area contributed by atoms with Crippen molar-refractivity contribution in [3.05, 3.63) is 41.5 Å². The molecule has 1 fully saturated rings. The summed E-state index contributed by atoms with van der Waals surface area (Å²) in [4.78, 5) is 15.6. The van der Waals surface area contributed by atoms with E-state index >= 15 is 0 Å². The fourth-order valence-corrected chi connectivity index (χ4v) is 5.18. The van der Waals surface area contributed by atoms with Gasteiger partial charge in [0, 0.05) is 29.8 Å². The molecule has 136 valence electrons. The van der Waals surface area contributed by atoms with E-state index in [1.807, 2.05) is 11.8 Å². The predicted molar refractivity (Wildman–Crippen MR) is 114 cm³/mol. The van der Waals surface area contributed by atoms with Gasteiger partial charge in [-0.05, 0) is 31.8 Å². The van der Waals surface area contributed by atoms with E-state index in [1.54, 1.807) is 11.3 Å². The first kappa shape index (κ1) is 17.8. The molecule has 26 heavy (non-hydrogen) atoms. The smallest absolute Gasteiger partial charge is 0.146 e. The van der Waals surface area contributed by atoms with Crippen molar-refractivity contribution >= 4 is 39.1 Å². The minimum atomic E-state index is 0.768. The van der Waals surface area contributed by atoms with Gasteiger partial charge < -0.3 is 9.80 Å². The highest BCUT2D eigenvalue weighted by Gasteiger charge is 2.21. The third kappa shape index (κ3) is 3.72. The Kier molecular flexibility index (Phi) is 5.43. The highest BCUT2D eigenvalue weighted by molar-refractivity contribution is 7.99. The van der Waals surface area contributed by atoms with Crippen molar-refractivity contribution < 1.29 is 0 Å². The van der Waals surface area contributed by atoms with Crippen LogP contribution in [0.4, 0.5) is 5.82 Å². The third-order valence-corrected chi connectivity index (χ3v) is 6.45. The zero-order valence-electron chi connectivity index (χ0n) is 15.3. The average molecular weight is 385 g/mol. The van der Waals surface area contributed by atoms with E-state index in [-0.39, 0.29) is 0 Å². The Hall–Kier alpha value is -1.63. The van der Waals surface area contributed by atoms with Crippen LogP contribution in [0, 0.1) is 0 Å². The molecular formula is C20H24N4S2. The van der Waals surface area contributed by atoms with Crippen molar-refractivity contribution in [2.75, 3.05) is 43.6 Å². The quantitative estimate of drug-likeness (QED) is 0.667. The minimum absolute atomic E-state index is 0.768. The van der Waals surface area contributed by atoms with E-state index in [0.29, 0.717) is 0 Å². The van der Waals surface area contributed by atoms with E-state index in [4.69, 9.17) is 9.97 Å². The minimum Gasteiger partial charge on any atom is -0.355 e. The standard InChI is InChI=1S/C20H24N4S2/c1-23(2)13-17-21-19(24-9-6-11-25-12-10-24)18-16(14-26-20(18)22-17)15-7-4-3-5-8-15/h3-5,7-8,14H,6,9-13H2,1-2H3. The van der Waals surface area contributed by atoms with Crippen molar-refractivity contribution in [2.24, 2.45) is 0 Å². The molecular weight excluding hydrogens is 360 g/mol. The molecule has 0 saturated carbocycles. The Labute approximate surface area is 163 Å². The molecule has 1 aromatic carbocycles. The van der Waals surface area contributed by atoms with Crippen LogP contribution in [0.2, 0.25) is 0 Å². The first-order chi connectivity index (χ1) is 12.7. The maximum atomic E-state index is 5.04. The van der Waals surface area contributed by atoms with Crippen LogP contribution in [0.5, 0.6) is 0 Å². The maximum absolute atomic E-state index is 5.04. The molecule has 3 aromatic rings. The first-order valence-corrected chi connectivity index (χ1v) is 11.1. The van der Waals surface area contributed by atoms with Crippen molar-refractivity contribution in [2.45, 2.75) is 13.0 Å². The van der Waals surface area contributed by atoms with Gasteiger partial charge in [-0.2, -0.15) is 11.8 Å². The molecule has 0 atom stereocenters. The molecule has 4 rings (SSSR count). The van der Waals surface area contributed by atoms with Crippen molar-refractivity contribution in [1.29, 1.82) is 0 Å². The summed E-state index contributed by atoms with van der Waals surface area (Å²) in [6.45, 7) is 2.90. The number of hydrogen-bond donors (Lipinski definition) is 0. The molecule has 1 saturated heterocycles. The first-order valence-electron chi connectivity index (χ1n) is 9.03. The summed E-state index contributed by atoms with van der Waals surface area (Å²) in [5.74, 6) is 4.44. The van der Waals surface area contributed by atoms with E-state index in [1.165, 1.54) is 34.4 Å². The average Bonchev–Trinajstić information content (AvgIpc) is 2.87. The second-order valence-electron chi connectivity index (χ2n) is 6.85. The number of fused-ring (bicyclic) bond motifs is 1. The number of hydrogen-bond acceptors (Lipinski definition) is 6. The number of thioether (sulfide) groups is 1. The van der Waals surface area contributed by atoms with Crippen LogP contribution in [0.3, 0.4) is 0 Å². The lowest BCUT2D eigenvalue weighted by atomic mass is 10.1. The molecule has 0 unspecified atom stereocenters. The van der Waals surface area contributed by atoms with Crippen LogP contribution in [0.1, 0.15) is 12.2 Å². The zero-order valence-corrected chi connectivity index (χ0v) is 16.9. The van der Waals surface area contributed by atoms with Gasteiger partial charge in [-0.3, -0.25) is 0 Å². The van der Waals surface area contributed by atoms with Gasteiger partial charge in [-0.25, -0.2) is 9.97 Å². The van der Waals surface area contributed by atoms with Crippen molar-refractivity contribution in [3.8, 4) is 11.1 Å². The van der Waals surface area contributed by atoms with Gasteiger partial charge in [0.15, 0.2) is 0 Å². The topological polar surface area (TPSA) is 32.3 Å². The van der Waals surface area contributed by atoms with Crippen LogP contribution < -0.4 is 4.90 Å². The van der Waals surface area contributed by atoms with Gasteiger partial charge in [0.2, 0.25) is 0 Å². The SMILES string of the molecule is CN(C)Cc1nc(N2CCCSCC2)c2c(-c3ccccc3)csc2n1. The summed E-state index contributed by atoms with van der Waals surface area (Å²) < 4.78 is 0. The maximum Gasteiger partial charge on any atom is 0.146 e. The number of rotatable bonds is 4. The predicted octanol–water partition coefficient (Wildman–Crippen LogP) is 4.36. The Morgan fingerprint density at radius 3 is 2.73 bits per heavy atom. The second-order valence-corrected chi connectivity index (χ2v) is 8.93. The van der Waals surface area contributed by atoms with Gasteiger partial charge in [0.1, 0.15) is 16.5 Å². The van der Waals surface area contributed by atoms with Crippen molar-refractivity contribution in [3.63, 3.8) is 0 Å². The summed E-state index contributed by atoms with van der Waals surface area (Å²) >= 11 is 3.78. The van der Waals surface area contributed by atoms with Crippen LogP contribution in [0.15, 0.2) is 35.7 Å². The molecule has 0 aliphatic carbocycles. The number of thiophene rings is 1. The largest absolute Gasteiger partial charge is 0.355 e. The number of benzene rings is 1. The molecule has 1 aliphatic rings. The van der Waals surface area contributed by atoms with E-state index in [9.17, 15) is 0 Å². The van der Waals surface area contributed by atoms with Crippen LogP contribution >= 0.6 is 23.1 Å². The molecule has 2 aromatic heterocycles. The molecule has 1 aliphatic heterocycles. The molecule has 6 heteroatoms. The lowest BCUT2D eigenvalue weighted by molar-refractivity contribution is 0.391.